The van der Waals surface area contributed by atoms with Crippen LogP contribution in [0.5, 0.6) is 0 Å². The average Bonchev–Trinajstić information content (AvgIpc) is 2.01. The zero-order valence-corrected chi connectivity index (χ0v) is 8.39. The van der Waals surface area contributed by atoms with Crippen LogP contribution >= 0.6 is 35.0 Å². The molecule has 0 aromatic heterocycles. The van der Waals surface area contributed by atoms with Gasteiger partial charge < -0.3 is 5.32 Å². The SMILES string of the molecule is CCNC(=O)SC/C(Cl)=C/Cl. The molecule has 0 aliphatic rings. The Morgan fingerprint density at radius 2 is 2.36 bits per heavy atom. The molecule has 0 fully saturated rings. The molecule has 1 amide bonds. The minimum Gasteiger partial charge on any atom is -0.347 e. The van der Waals surface area contributed by atoms with Crippen LogP contribution < -0.4 is 5.32 Å². The second kappa shape index (κ2) is 6.83. The van der Waals surface area contributed by atoms with Crippen molar-refractivity contribution in [2.45, 2.75) is 6.92 Å². The van der Waals surface area contributed by atoms with E-state index in [9.17, 15) is 4.79 Å². The number of halogens is 2. The molecule has 0 heterocycles. The molecule has 1 N–H and O–H groups in total. The maximum absolute atomic E-state index is 10.8. The van der Waals surface area contributed by atoms with E-state index < -0.39 is 0 Å². The van der Waals surface area contributed by atoms with Gasteiger partial charge in [0.1, 0.15) is 0 Å². The molecule has 0 radical (unpaired) electrons. The summed E-state index contributed by atoms with van der Waals surface area (Å²) in [6, 6.07) is 0. The number of amides is 1. The summed E-state index contributed by atoms with van der Waals surface area (Å²) in [5.74, 6) is 0.427. The van der Waals surface area contributed by atoms with Crippen molar-refractivity contribution in [3.63, 3.8) is 0 Å². The zero-order chi connectivity index (χ0) is 8.69. The molecule has 0 saturated heterocycles. The third-order valence-corrected chi connectivity index (χ3v) is 2.42. The standard InChI is InChI=1S/C6H9Cl2NOS/c1-2-9-6(10)11-4-5(8)3-7/h3H,2,4H2,1H3,(H,9,10)/b5-3-. The number of nitrogens with one attached hydrogen (secondary N) is 1. The van der Waals surface area contributed by atoms with Gasteiger partial charge >= 0.3 is 0 Å². The monoisotopic (exact) mass is 213 g/mol. The van der Waals surface area contributed by atoms with Gasteiger partial charge in [-0.2, -0.15) is 0 Å². The van der Waals surface area contributed by atoms with Crippen molar-refractivity contribution in [3.05, 3.63) is 10.6 Å². The Labute approximate surface area is 80.3 Å². The quantitative estimate of drug-likeness (QED) is 0.782. The number of carbonyl (C=O) groups excluding carboxylic acids is 1. The molecule has 0 rings (SSSR count). The van der Waals surface area contributed by atoms with Gasteiger partial charge in [0, 0.05) is 22.9 Å². The molecular formula is C6H9Cl2NOS. The molecule has 0 bridgehead atoms. The number of hydrogen-bond donors (Lipinski definition) is 1. The summed E-state index contributed by atoms with van der Waals surface area (Å²) in [7, 11) is 0. The van der Waals surface area contributed by atoms with E-state index in [4.69, 9.17) is 23.2 Å². The largest absolute Gasteiger partial charge is 0.347 e. The fourth-order valence-corrected chi connectivity index (χ4v) is 1.29. The van der Waals surface area contributed by atoms with Crippen LogP contribution in [0.25, 0.3) is 0 Å². The highest BCUT2D eigenvalue weighted by Gasteiger charge is 2.00. The minimum atomic E-state index is -0.0795. The van der Waals surface area contributed by atoms with Gasteiger partial charge in [-0.25, -0.2) is 0 Å². The first-order chi connectivity index (χ1) is 5.20. The molecule has 5 heteroatoms. The molecule has 0 aliphatic carbocycles. The minimum absolute atomic E-state index is 0.0795. The summed E-state index contributed by atoms with van der Waals surface area (Å²) in [6.07, 6.45) is 0. The Morgan fingerprint density at radius 1 is 1.73 bits per heavy atom. The number of hydrogen-bond acceptors (Lipinski definition) is 2. The highest BCUT2D eigenvalue weighted by molar-refractivity contribution is 8.13. The zero-order valence-electron chi connectivity index (χ0n) is 6.06. The molecule has 0 spiro atoms. The molecular weight excluding hydrogens is 205 g/mol. The van der Waals surface area contributed by atoms with E-state index in [1.165, 1.54) is 5.54 Å². The average molecular weight is 214 g/mol. The van der Waals surface area contributed by atoms with E-state index in [1.807, 2.05) is 6.92 Å². The van der Waals surface area contributed by atoms with Crippen LogP contribution in [0.3, 0.4) is 0 Å². The van der Waals surface area contributed by atoms with E-state index in [-0.39, 0.29) is 5.24 Å². The van der Waals surface area contributed by atoms with Gasteiger partial charge in [-0.3, -0.25) is 4.79 Å². The first-order valence-corrected chi connectivity index (χ1v) is 4.86. The second-order valence-electron chi connectivity index (χ2n) is 1.66. The molecule has 64 valence electrons. The summed E-state index contributed by atoms with van der Waals surface area (Å²) in [5, 5.41) is 3.02. The van der Waals surface area contributed by atoms with E-state index in [1.54, 1.807) is 0 Å². The predicted molar refractivity (Wildman–Crippen MR) is 51.3 cm³/mol. The van der Waals surface area contributed by atoms with Crippen molar-refractivity contribution in [2.75, 3.05) is 12.3 Å². The summed E-state index contributed by atoms with van der Waals surface area (Å²) >= 11 is 11.9. The molecule has 0 aromatic rings. The van der Waals surface area contributed by atoms with Crippen molar-refractivity contribution in [1.82, 2.24) is 5.32 Å². The molecule has 0 aromatic carbocycles. The van der Waals surface area contributed by atoms with Crippen LogP contribution in [-0.4, -0.2) is 17.5 Å². The second-order valence-corrected chi connectivity index (χ2v) is 3.31. The topological polar surface area (TPSA) is 29.1 Å². The van der Waals surface area contributed by atoms with Crippen molar-refractivity contribution >= 4 is 40.2 Å². The summed E-state index contributed by atoms with van der Waals surface area (Å²) < 4.78 is 0. The Morgan fingerprint density at radius 3 is 2.82 bits per heavy atom. The smallest absolute Gasteiger partial charge is 0.279 e. The van der Waals surface area contributed by atoms with Crippen LogP contribution in [0.15, 0.2) is 10.6 Å². The van der Waals surface area contributed by atoms with Crippen LogP contribution in [0.2, 0.25) is 0 Å². The van der Waals surface area contributed by atoms with Crippen molar-refractivity contribution < 1.29 is 4.79 Å². The summed E-state index contributed by atoms with van der Waals surface area (Å²) in [6.45, 7) is 2.49. The lowest BCUT2D eigenvalue weighted by Gasteiger charge is -1.98. The van der Waals surface area contributed by atoms with Gasteiger partial charge in [0.05, 0.1) is 0 Å². The first kappa shape index (κ1) is 11.1. The van der Waals surface area contributed by atoms with Crippen molar-refractivity contribution in [3.8, 4) is 0 Å². The lowest BCUT2D eigenvalue weighted by atomic mass is 10.7. The number of rotatable bonds is 3. The fraction of sp³-hybridized carbons (Fsp3) is 0.500. The first-order valence-electron chi connectivity index (χ1n) is 3.06. The lowest BCUT2D eigenvalue weighted by Crippen LogP contribution is -2.17. The Kier molecular flexibility index (Phi) is 6.91. The Bertz CT molecular complexity index is 161. The maximum Gasteiger partial charge on any atom is 0.279 e. The van der Waals surface area contributed by atoms with E-state index in [2.05, 4.69) is 5.32 Å². The third-order valence-electron chi connectivity index (χ3n) is 0.781. The highest BCUT2D eigenvalue weighted by Crippen LogP contribution is 2.12. The van der Waals surface area contributed by atoms with E-state index in [0.29, 0.717) is 17.3 Å². The fourth-order valence-electron chi connectivity index (χ4n) is 0.361. The van der Waals surface area contributed by atoms with E-state index in [0.717, 1.165) is 11.8 Å². The summed E-state index contributed by atoms with van der Waals surface area (Å²) in [4.78, 5) is 10.8. The molecule has 0 unspecified atom stereocenters. The van der Waals surface area contributed by atoms with Crippen molar-refractivity contribution in [2.24, 2.45) is 0 Å². The van der Waals surface area contributed by atoms with Gasteiger partial charge in [0.2, 0.25) is 0 Å². The number of thioether (sulfide) groups is 1. The Balaban J connectivity index is 3.46. The van der Waals surface area contributed by atoms with Crippen LogP contribution in [0.4, 0.5) is 4.79 Å². The maximum atomic E-state index is 10.8. The van der Waals surface area contributed by atoms with Gasteiger partial charge in [0.15, 0.2) is 0 Å². The number of carbonyl (C=O) groups is 1. The predicted octanol–water partition coefficient (Wildman–Crippen LogP) is 2.77. The summed E-state index contributed by atoms with van der Waals surface area (Å²) in [5.41, 5.74) is 1.26. The van der Waals surface area contributed by atoms with Gasteiger partial charge in [-0.15, -0.1) is 0 Å². The van der Waals surface area contributed by atoms with Gasteiger partial charge in [-0.05, 0) is 6.92 Å². The lowest BCUT2D eigenvalue weighted by molar-refractivity contribution is 0.261. The van der Waals surface area contributed by atoms with Gasteiger partial charge in [0.25, 0.3) is 5.24 Å². The van der Waals surface area contributed by atoms with Crippen LogP contribution in [0.1, 0.15) is 6.92 Å². The van der Waals surface area contributed by atoms with Crippen LogP contribution in [-0.2, 0) is 0 Å². The van der Waals surface area contributed by atoms with E-state index >= 15 is 0 Å². The third kappa shape index (κ3) is 6.53. The Hall–Kier alpha value is 0.140. The molecule has 2 nitrogen and oxygen atoms in total. The highest BCUT2D eigenvalue weighted by atomic mass is 35.5. The van der Waals surface area contributed by atoms with Gasteiger partial charge in [-0.1, -0.05) is 35.0 Å². The van der Waals surface area contributed by atoms with Crippen molar-refractivity contribution in [1.29, 1.82) is 0 Å². The normalized spacial score (nSPS) is 11.4. The molecule has 0 aliphatic heterocycles. The molecule has 11 heavy (non-hydrogen) atoms. The van der Waals surface area contributed by atoms with Crippen LogP contribution in [0, 0.1) is 0 Å². The molecule has 0 atom stereocenters. The molecule has 0 saturated carbocycles.